The average molecular weight is 442 g/mol. The third-order valence-electron chi connectivity index (χ3n) is 3.56. The smallest absolute Gasteiger partial charge is 0.190 e. The van der Waals surface area contributed by atoms with Gasteiger partial charge in [0, 0.05) is 39.9 Å². The number of hydrogen-bond acceptors (Lipinski definition) is 4. The second-order valence-electron chi connectivity index (χ2n) is 6.96. The Bertz CT molecular complexity index is 332. The molecule has 0 aromatic rings. The third kappa shape index (κ3) is 11.1. The zero-order valence-corrected chi connectivity index (χ0v) is 17.7. The quantitative estimate of drug-likeness (QED) is 0.246. The van der Waals surface area contributed by atoms with Crippen LogP contribution in [0.4, 0.5) is 0 Å². The van der Waals surface area contributed by atoms with Crippen LogP contribution < -0.4 is 10.6 Å². The lowest BCUT2D eigenvalue weighted by Gasteiger charge is -2.29. The minimum atomic E-state index is 0. The van der Waals surface area contributed by atoms with Crippen molar-refractivity contribution in [3.05, 3.63) is 0 Å². The van der Waals surface area contributed by atoms with Crippen molar-refractivity contribution in [3.63, 3.8) is 0 Å². The first-order valence-electron chi connectivity index (χ1n) is 8.21. The van der Waals surface area contributed by atoms with Crippen LogP contribution in [-0.2, 0) is 9.47 Å². The molecular formula is C16H35IN4O2. The highest BCUT2D eigenvalue weighted by atomic mass is 127. The summed E-state index contributed by atoms with van der Waals surface area (Å²) in [6, 6.07) is 0. The lowest BCUT2D eigenvalue weighted by atomic mass is 9.93. The van der Waals surface area contributed by atoms with Crippen molar-refractivity contribution >= 4 is 29.9 Å². The van der Waals surface area contributed by atoms with Crippen LogP contribution in [-0.4, -0.2) is 77.6 Å². The maximum absolute atomic E-state index is 5.75. The Morgan fingerprint density at radius 1 is 1.35 bits per heavy atom. The van der Waals surface area contributed by atoms with Crippen molar-refractivity contribution < 1.29 is 9.47 Å². The standard InChI is InChI=1S/C16H34N4O2.HI/c1-16(2,13-20(4)5)12-19-15(17-3)18-8-6-9-22-14-7-10-21-11-14;/h14H,6-13H2,1-5H3,(H2,17,18,19);1H. The van der Waals surface area contributed by atoms with Crippen molar-refractivity contribution in [1.82, 2.24) is 15.5 Å². The van der Waals surface area contributed by atoms with Gasteiger partial charge in [-0.1, -0.05) is 13.8 Å². The third-order valence-corrected chi connectivity index (χ3v) is 3.56. The highest BCUT2D eigenvalue weighted by Crippen LogP contribution is 2.13. The molecule has 1 fully saturated rings. The van der Waals surface area contributed by atoms with E-state index in [0.29, 0.717) is 6.10 Å². The molecule has 1 aliphatic heterocycles. The van der Waals surface area contributed by atoms with Crippen LogP contribution in [0.2, 0.25) is 0 Å². The molecule has 7 heteroatoms. The van der Waals surface area contributed by atoms with Gasteiger partial charge in [-0.25, -0.2) is 0 Å². The SMILES string of the molecule is CN=C(NCCCOC1CCOC1)NCC(C)(C)CN(C)C.I. The van der Waals surface area contributed by atoms with Gasteiger partial charge in [-0.15, -0.1) is 24.0 Å². The van der Waals surface area contributed by atoms with E-state index < -0.39 is 0 Å². The highest BCUT2D eigenvalue weighted by molar-refractivity contribution is 14.0. The number of rotatable bonds is 9. The molecule has 1 rings (SSSR count). The normalized spacial score (nSPS) is 18.9. The predicted octanol–water partition coefficient (Wildman–Crippen LogP) is 1.55. The number of guanidine groups is 1. The molecule has 1 saturated heterocycles. The lowest BCUT2D eigenvalue weighted by molar-refractivity contribution is 0.0420. The minimum Gasteiger partial charge on any atom is -0.379 e. The number of ether oxygens (including phenoxy) is 2. The minimum absolute atomic E-state index is 0. The molecule has 1 unspecified atom stereocenters. The van der Waals surface area contributed by atoms with Gasteiger partial charge in [-0.3, -0.25) is 4.99 Å². The highest BCUT2D eigenvalue weighted by Gasteiger charge is 2.19. The van der Waals surface area contributed by atoms with E-state index in [-0.39, 0.29) is 29.4 Å². The van der Waals surface area contributed by atoms with Crippen LogP contribution in [0.5, 0.6) is 0 Å². The first-order chi connectivity index (χ1) is 10.4. The van der Waals surface area contributed by atoms with Gasteiger partial charge in [0.2, 0.25) is 0 Å². The van der Waals surface area contributed by atoms with Gasteiger partial charge in [0.1, 0.15) is 0 Å². The first-order valence-corrected chi connectivity index (χ1v) is 8.21. The van der Waals surface area contributed by atoms with Gasteiger partial charge in [0.05, 0.1) is 12.7 Å². The number of hydrogen-bond donors (Lipinski definition) is 2. The fourth-order valence-corrected chi connectivity index (χ4v) is 2.63. The fourth-order valence-electron chi connectivity index (χ4n) is 2.63. The molecule has 1 heterocycles. The summed E-state index contributed by atoms with van der Waals surface area (Å²) in [7, 11) is 6.01. The molecule has 0 amide bonds. The molecule has 23 heavy (non-hydrogen) atoms. The molecule has 1 aliphatic rings. The van der Waals surface area contributed by atoms with Crippen molar-refractivity contribution in [2.24, 2.45) is 10.4 Å². The molecule has 0 radical (unpaired) electrons. The Labute approximate surface area is 158 Å². The van der Waals surface area contributed by atoms with Crippen LogP contribution in [0.1, 0.15) is 26.7 Å². The second-order valence-corrected chi connectivity index (χ2v) is 6.96. The zero-order chi connectivity index (χ0) is 16.4. The largest absolute Gasteiger partial charge is 0.379 e. The lowest BCUT2D eigenvalue weighted by Crippen LogP contribution is -2.45. The molecule has 2 N–H and O–H groups in total. The summed E-state index contributed by atoms with van der Waals surface area (Å²) in [5, 5.41) is 6.73. The van der Waals surface area contributed by atoms with E-state index in [1.54, 1.807) is 7.05 Å². The van der Waals surface area contributed by atoms with Gasteiger partial charge < -0.3 is 25.0 Å². The number of aliphatic imine (C=N–C) groups is 1. The topological polar surface area (TPSA) is 58.1 Å². The Balaban J connectivity index is 0.00000484. The summed E-state index contributed by atoms with van der Waals surface area (Å²) in [4.78, 5) is 6.48. The van der Waals surface area contributed by atoms with Crippen molar-refractivity contribution in [2.45, 2.75) is 32.8 Å². The molecule has 0 spiro atoms. The zero-order valence-electron chi connectivity index (χ0n) is 15.4. The van der Waals surface area contributed by atoms with Crippen LogP contribution in [0, 0.1) is 5.41 Å². The van der Waals surface area contributed by atoms with Crippen LogP contribution in [0.25, 0.3) is 0 Å². The molecule has 6 nitrogen and oxygen atoms in total. The van der Waals surface area contributed by atoms with Gasteiger partial charge in [0.15, 0.2) is 5.96 Å². The van der Waals surface area contributed by atoms with E-state index in [1.165, 1.54) is 0 Å². The molecule has 0 aliphatic carbocycles. The van der Waals surface area contributed by atoms with E-state index in [0.717, 1.165) is 58.3 Å². The van der Waals surface area contributed by atoms with Crippen LogP contribution >= 0.6 is 24.0 Å². The molecule has 0 aromatic carbocycles. The van der Waals surface area contributed by atoms with Gasteiger partial charge in [-0.2, -0.15) is 0 Å². The molecule has 0 saturated carbocycles. The van der Waals surface area contributed by atoms with Crippen molar-refractivity contribution in [1.29, 1.82) is 0 Å². The number of nitrogens with zero attached hydrogens (tertiary/aromatic N) is 2. The maximum atomic E-state index is 5.75. The fraction of sp³-hybridized carbons (Fsp3) is 0.938. The molecule has 138 valence electrons. The first kappa shape index (κ1) is 22.9. The maximum Gasteiger partial charge on any atom is 0.190 e. The van der Waals surface area contributed by atoms with E-state index in [9.17, 15) is 0 Å². The Morgan fingerprint density at radius 3 is 2.65 bits per heavy atom. The molecule has 1 atom stereocenters. The predicted molar refractivity (Wildman–Crippen MR) is 107 cm³/mol. The Kier molecular flexibility index (Phi) is 12.2. The van der Waals surface area contributed by atoms with E-state index in [4.69, 9.17) is 9.47 Å². The Morgan fingerprint density at radius 2 is 2.09 bits per heavy atom. The summed E-state index contributed by atoms with van der Waals surface area (Å²) < 4.78 is 11.0. The van der Waals surface area contributed by atoms with Crippen molar-refractivity contribution in [3.8, 4) is 0 Å². The average Bonchev–Trinajstić information content (AvgIpc) is 2.93. The summed E-state index contributed by atoms with van der Waals surface area (Å²) in [5.74, 6) is 0.857. The van der Waals surface area contributed by atoms with Gasteiger partial charge in [-0.05, 0) is 32.4 Å². The van der Waals surface area contributed by atoms with E-state index >= 15 is 0 Å². The van der Waals surface area contributed by atoms with Crippen LogP contribution in [0.15, 0.2) is 4.99 Å². The summed E-state index contributed by atoms with van der Waals surface area (Å²) in [6.45, 7) is 9.65. The number of halogens is 1. The molecule has 0 aromatic heterocycles. The summed E-state index contributed by atoms with van der Waals surface area (Å²) in [6.07, 6.45) is 2.29. The van der Waals surface area contributed by atoms with Crippen molar-refractivity contribution in [2.75, 3.05) is 60.6 Å². The Hall–Kier alpha value is -0.120. The molecular weight excluding hydrogens is 407 g/mol. The van der Waals surface area contributed by atoms with Gasteiger partial charge >= 0.3 is 0 Å². The summed E-state index contributed by atoms with van der Waals surface area (Å²) >= 11 is 0. The number of nitrogens with one attached hydrogen (secondary N) is 2. The van der Waals surface area contributed by atoms with Gasteiger partial charge in [0.25, 0.3) is 0 Å². The monoisotopic (exact) mass is 442 g/mol. The van der Waals surface area contributed by atoms with Crippen LogP contribution in [0.3, 0.4) is 0 Å². The van der Waals surface area contributed by atoms with E-state index in [2.05, 4.69) is 48.5 Å². The molecule has 0 bridgehead atoms. The van der Waals surface area contributed by atoms with E-state index in [1.807, 2.05) is 0 Å². The second kappa shape index (κ2) is 12.3. The summed E-state index contributed by atoms with van der Waals surface area (Å²) in [5.41, 5.74) is 0.201.